The highest BCUT2D eigenvalue weighted by Crippen LogP contribution is 2.21. The van der Waals surface area contributed by atoms with Gasteiger partial charge in [-0.3, -0.25) is 14.4 Å². The van der Waals surface area contributed by atoms with Crippen LogP contribution in [0.1, 0.15) is 64.2 Å². The molecule has 0 aliphatic rings. The Morgan fingerprint density at radius 3 is 1.69 bits per heavy atom. The van der Waals surface area contributed by atoms with Crippen molar-refractivity contribution in [2.75, 3.05) is 0 Å². The molecule has 0 heterocycles. The molecule has 0 aliphatic carbocycles. The zero-order valence-corrected chi connectivity index (χ0v) is 29.2. The van der Waals surface area contributed by atoms with E-state index < -0.39 is 59.6 Å². The largest absolute Gasteiger partial charge is 0.444 e. The molecule has 3 aromatic carbocycles. The lowest BCUT2D eigenvalue weighted by atomic mass is 9.88. The molecule has 0 radical (unpaired) electrons. The number of benzene rings is 3. The summed E-state index contributed by atoms with van der Waals surface area (Å²) >= 11 is 0. The van der Waals surface area contributed by atoms with E-state index in [4.69, 9.17) is 10.5 Å². The van der Waals surface area contributed by atoms with Crippen molar-refractivity contribution in [3.63, 3.8) is 0 Å². The topological polar surface area (TPSA) is 160 Å². The number of rotatable bonds is 17. The molecule has 4 amide bonds. The van der Waals surface area contributed by atoms with Crippen molar-refractivity contribution in [3.8, 4) is 0 Å². The third-order valence-electron chi connectivity index (χ3n) is 8.42. The standard InChI is InChI=1S/C39H52N4O6/c1-6-26(2)34(37(47)41-32(35(40)45)24-29-20-14-9-15-21-29)43-36(46)30(22-27-16-10-7-11-17-27)25-33(44)31(23-28-18-12-8-13-19-28)42-38(48)49-39(3,4)5/h7-21,26,30-34,44H,6,22-25H2,1-5H3,(H2,40,45)(H,41,47)(H,42,48)(H,43,46)/t26-,30-,31-,32-,33-,34+/m0/s1. The van der Waals surface area contributed by atoms with Crippen LogP contribution >= 0.6 is 0 Å². The molecule has 3 aromatic rings. The fraction of sp³-hybridized carbons (Fsp3) is 0.436. The van der Waals surface area contributed by atoms with Gasteiger partial charge in [-0.25, -0.2) is 4.79 Å². The van der Waals surface area contributed by atoms with Gasteiger partial charge in [0.1, 0.15) is 17.7 Å². The van der Waals surface area contributed by atoms with Gasteiger partial charge in [0.25, 0.3) is 0 Å². The van der Waals surface area contributed by atoms with Crippen LogP contribution in [0.25, 0.3) is 0 Å². The number of hydrogen-bond donors (Lipinski definition) is 5. The Balaban J connectivity index is 1.86. The molecule has 6 atom stereocenters. The number of hydrogen-bond acceptors (Lipinski definition) is 6. The van der Waals surface area contributed by atoms with E-state index in [2.05, 4.69) is 16.0 Å². The molecule has 0 saturated heterocycles. The van der Waals surface area contributed by atoms with Crippen LogP contribution in [0, 0.1) is 11.8 Å². The van der Waals surface area contributed by atoms with Gasteiger partial charge in [0.05, 0.1) is 12.1 Å². The van der Waals surface area contributed by atoms with E-state index in [9.17, 15) is 24.3 Å². The SMILES string of the molecule is CC[C@H](C)[C@@H](NC(=O)[C@@H](Cc1ccccc1)C[C@H](O)[C@H](Cc1ccccc1)NC(=O)OC(C)(C)C)C(=O)N[C@@H](Cc1ccccc1)C(N)=O. The second-order valence-electron chi connectivity index (χ2n) is 13.7. The maximum atomic E-state index is 14.1. The first-order valence-corrected chi connectivity index (χ1v) is 16.9. The Labute approximate surface area is 290 Å². The smallest absolute Gasteiger partial charge is 0.407 e. The van der Waals surface area contributed by atoms with E-state index in [1.54, 1.807) is 20.8 Å². The molecule has 10 nitrogen and oxygen atoms in total. The number of aliphatic hydroxyl groups is 1. The third kappa shape index (κ3) is 13.4. The molecule has 3 rings (SSSR count). The van der Waals surface area contributed by atoms with Crippen molar-refractivity contribution in [2.24, 2.45) is 17.6 Å². The molecule has 10 heteroatoms. The number of alkyl carbamates (subject to hydrolysis) is 1. The van der Waals surface area contributed by atoms with Crippen molar-refractivity contribution in [3.05, 3.63) is 108 Å². The van der Waals surface area contributed by atoms with Crippen molar-refractivity contribution in [1.29, 1.82) is 0 Å². The average molecular weight is 673 g/mol. The monoisotopic (exact) mass is 672 g/mol. The number of aliphatic hydroxyl groups excluding tert-OH is 1. The van der Waals surface area contributed by atoms with Gasteiger partial charge in [-0.15, -0.1) is 0 Å². The van der Waals surface area contributed by atoms with Crippen LogP contribution in [0.2, 0.25) is 0 Å². The average Bonchev–Trinajstić information content (AvgIpc) is 3.06. The van der Waals surface area contributed by atoms with Crippen LogP contribution in [-0.2, 0) is 38.4 Å². The molecule has 0 aliphatic heterocycles. The predicted octanol–water partition coefficient (Wildman–Crippen LogP) is 4.48. The number of carbonyl (C=O) groups excluding carboxylic acids is 4. The van der Waals surface area contributed by atoms with E-state index in [-0.39, 0.29) is 25.2 Å². The summed E-state index contributed by atoms with van der Waals surface area (Å²) in [6.07, 6.45) is -0.475. The van der Waals surface area contributed by atoms with Crippen molar-refractivity contribution in [1.82, 2.24) is 16.0 Å². The number of ether oxygens (including phenoxy) is 1. The lowest BCUT2D eigenvalue weighted by molar-refractivity contribution is -0.134. The molecule has 49 heavy (non-hydrogen) atoms. The van der Waals surface area contributed by atoms with Gasteiger partial charge in [-0.05, 0) is 62.6 Å². The maximum Gasteiger partial charge on any atom is 0.407 e. The number of amides is 4. The summed E-state index contributed by atoms with van der Waals surface area (Å²) in [6, 6.07) is 25.4. The second kappa shape index (κ2) is 18.7. The highest BCUT2D eigenvalue weighted by Gasteiger charge is 2.34. The Bertz CT molecular complexity index is 1480. The van der Waals surface area contributed by atoms with E-state index in [1.807, 2.05) is 105 Å². The minimum Gasteiger partial charge on any atom is -0.444 e. The molecular formula is C39H52N4O6. The highest BCUT2D eigenvalue weighted by molar-refractivity contribution is 5.92. The maximum absolute atomic E-state index is 14.1. The van der Waals surface area contributed by atoms with E-state index in [0.717, 1.165) is 16.7 Å². The predicted molar refractivity (Wildman–Crippen MR) is 190 cm³/mol. The fourth-order valence-corrected chi connectivity index (χ4v) is 5.55. The van der Waals surface area contributed by atoms with Crippen LogP contribution in [0.5, 0.6) is 0 Å². The molecular weight excluding hydrogens is 620 g/mol. The van der Waals surface area contributed by atoms with Crippen molar-refractivity contribution >= 4 is 23.8 Å². The molecule has 0 fully saturated rings. The first-order valence-electron chi connectivity index (χ1n) is 16.9. The molecule has 0 spiro atoms. The fourth-order valence-electron chi connectivity index (χ4n) is 5.55. The van der Waals surface area contributed by atoms with E-state index in [1.165, 1.54) is 0 Å². The second-order valence-corrected chi connectivity index (χ2v) is 13.7. The van der Waals surface area contributed by atoms with Crippen LogP contribution in [-0.4, -0.2) is 58.8 Å². The van der Waals surface area contributed by atoms with Gasteiger partial charge in [0.2, 0.25) is 17.7 Å². The number of nitrogens with one attached hydrogen (secondary N) is 3. The van der Waals surface area contributed by atoms with Crippen molar-refractivity contribution in [2.45, 2.75) is 96.6 Å². The van der Waals surface area contributed by atoms with Gasteiger partial charge < -0.3 is 31.5 Å². The normalized spacial score (nSPS) is 15.1. The lowest BCUT2D eigenvalue weighted by Gasteiger charge is -2.31. The van der Waals surface area contributed by atoms with Crippen molar-refractivity contribution < 1.29 is 29.0 Å². The summed E-state index contributed by atoms with van der Waals surface area (Å²) < 4.78 is 5.49. The van der Waals surface area contributed by atoms with Crippen LogP contribution in [0.15, 0.2) is 91.0 Å². The number of carbonyl (C=O) groups is 4. The Hall–Kier alpha value is -4.70. The van der Waals surface area contributed by atoms with Crippen LogP contribution in [0.4, 0.5) is 4.79 Å². The van der Waals surface area contributed by atoms with Gasteiger partial charge in [0.15, 0.2) is 0 Å². The summed E-state index contributed by atoms with van der Waals surface area (Å²) in [7, 11) is 0. The molecule has 0 aromatic heterocycles. The van der Waals surface area contributed by atoms with Gasteiger partial charge >= 0.3 is 6.09 Å². The summed E-state index contributed by atoms with van der Waals surface area (Å²) in [5, 5.41) is 20.2. The zero-order chi connectivity index (χ0) is 36.0. The molecule has 264 valence electrons. The Morgan fingerprint density at radius 1 is 0.735 bits per heavy atom. The molecule has 0 unspecified atom stereocenters. The quantitative estimate of drug-likeness (QED) is 0.142. The minimum atomic E-state index is -1.15. The molecule has 6 N–H and O–H groups in total. The minimum absolute atomic E-state index is 0.0131. The first-order chi connectivity index (χ1) is 23.3. The Kier molecular flexibility index (Phi) is 14.8. The third-order valence-corrected chi connectivity index (χ3v) is 8.42. The van der Waals surface area contributed by atoms with Gasteiger partial charge in [-0.1, -0.05) is 111 Å². The summed E-state index contributed by atoms with van der Waals surface area (Å²) in [4.78, 5) is 53.0. The molecule has 0 saturated carbocycles. The highest BCUT2D eigenvalue weighted by atomic mass is 16.6. The zero-order valence-electron chi connectivity index (χ0n) is 29.2. The van der Waals surface area contributed by atoms with E-state index in [0.29, 0.717) is 12.8 Å². The Morgan fingerprint density at radius 2 is 1.22 bits per heavy atom. The summed E-state index contributed by atoms with van der Waals surface area (Å²) in [6.45, 7) is 9.03. The summed E-state index contributed by atoms with van der Waals surface area (Å²) in [5.41, 5.74) is 7.52. The first kappa shape index (κ1) is 38.7. The number of primary amides is 1. The van der Waals surface area contributed by atoms with Crippen LogP contribution in [0.3, 0.4) is 0 Å². The van der Waals surface area contributed by atoms with Gasteiger partial charge in [0, 0.05) is 12.3 Å². The lowest BCUT2D eigenvalue weighted by Crippen LogP contribution is -2.56. The number of nitrogens with two attached hydrogens (primary N) is 1. The van der Waals surface area contributed by atoms with Gasteiger partial charge in [-0.2, -0.15) is 0 Å². The van der Waals surface area contributed by atoms with Crippen LogP contribution < -0.4 is 21.7 Å². The molecule has 0 bridgehead atoms. The summed E-state index contributed by atoms with van der Waals surface area (Å²) in [5.74, 6) is -2.69. The van der Waals surface area contributed by atoms with E-state index >= 15 is 0 Å².